The molecule has 0 radical (unpaired) electrons. The molecule has 3 aromatic carbocycles. The van der Waals surface area contributed by atoms with Gasteiger partial charge in [0.15, 0.2) is 0 Å². The molecule has 0 atom stereocenters. The average Bonchev–Trinajstić information content (AvgIpc) is 2.53. The lowest BCUT2D eigenvalue weighted by atomic mass is 9.86. The number of fused-ring (bicyclic) bond motifs is 2. The van der Waals surface area contributed by atoms with E-state index in [1.165, 1.54) is 12.1 Å². The Morgan fingerprint density at radius 2 is 1.87 bits per heavy atom. The zero-order valence-electron chi connectivity index (χ0n) is 12.3. The van der Waals surface area contributed by atoms with Crippen LogP contribution in [0.25, 0.3) is 21.9 Å². The van der Waals surface area contributed by atoms with Crippen molar-refractivity contribution in [3.05, 3.63) is 71.5 Å². The van der Waals surface area contributed by atoms with Gasteiger partial charge in [0.1, 0.15) is 17.5 Å². The molecule has 0 spiro atoms. The summed E-state index contributed by atoms with van der Waals surface area (Å²) in [4.78, 5) is 4.09. The summed E-state index contributed by atoms with van der Waals surface area (Å²) < 4.78 is 13.7. The minimum absolute atomic E-state index is 0.225. The predicted octanol–water partition coefficient (Wildman–Crippen LogP) is 3.88. The van der Waals surface area contributed by atoms with Crippen LogP contribution in [0.3, 0.4) is 0 Å². The molecule has 3 nitrogen and oxygen atoms in total. The fourth-order valence-corrected chi connectivity index (χ4v) is 3.19. The van der Waals surface area contributed by atoms with Gasteiger partial charge in [-0.1, -0.05) is 36.4 Å². The van der Waals surface area contributed by atoms with Crippen LogP contribution in [0, 0.1) is 11.2 Å². The first-order valence-electron chi connectivity index (χ1n) is 7.36. The molecule has 4 rings (SSSR count). The van der Waals surface area contributed by atoms with Crippen LogP contribution in [0.5, 0.6) is 0 Å². The maximum atomic E-state index is 13.7. The van der Waals surface area contributed by atoms with Crippen LogP contribution in [0.1, 0.15) is 11.1 Å². The quantitative estimate of drug-likeness (QED) is 0.704. The highest BCUT2D eigenvalue weighted by molar-refractivity contribution is 6.15. The van der Waals surface area contributed by atoms with Crippen molar-refractivity contribution < 1.29 is 4.39 Å². The summed E-state index contributed by atoms with van der Waals surface area (Å²) in [5.74, 6) is 0.291. The van der Waals surface area contributed by atoms with Gasteiger partial charge in [0.25, 0.3) is 0 Å². The lowest BCUT2D eigenvalue weighted by molar-refractivity contribution is 0.628. The van der Waals surface area contributed by atoms with Crippen molar-refractivity contribution in [2.75, 3.05) is 0 Å². The summed E-state index contributed by atoms with van der Waals surface area (Å²) in [5.41, 5.74) is 9.53. The summed E-state index contributed by atoms with van der Waals surface area (Å²) >= 11 is 0. The second kappa shape index (κ2) is 5.02. The van der Waals surface area contributed by atoms with Gasteiger partial charge in [-0.25, -0.2) is 9.38 Å². The van der Waals surface area contributed by atoms with E-state index in [1.54, 1.807) is 6.07 Å². The molecule has 0 amide bonds. The molecule has 3 aromatic rings. The Kier molecular flexibility index (Phi) is 2.98. The fraction of sp³-hybridized carbons (Fsp3) is 0.0526. The average molecular weight is 303 g/mol. The maximum absolute atomic E-state index is 13.7. The topological polar surface area (TPSA) is 62.2 Å². The van der Waals surface area contributed by atoms with Gasteiger partial charge in [-0.15, -0.1) is 0 Å². The number of nitrogens with two attached hydrogens (primary N) is 1. The van der Waals surface area contributed by atoms with E-state index in [0.29, 0.717) is 12.3 Å². The van der Waals surface area contributed by atoms with E-state index in [1.807, 2.05) is 36.4 Å². The summed E-state index contributed by atoms with van der Waals surface area (Å²) in [6.45, 7) is 0. The zero-order chi connectivity index (χ0) is 16.0. The summed E-state index contributed by atoms with van der Waals surface area (Å²) in [7, 11) is 0. The van der Waals surface area contributed by atoms with Crippen LogP contribution in [0.15, 0.2) is 59.6 Å². The SMILES string of the molecule is N=C1Cc2c(cc3ccccc3c2-c2cccc(F)c2)C(N)=N1. The second-order valence-corrected chi connectivity index (χ2v) is 5.63. The molecule has 0 fully saturated rings. The van der Waals surface area contributed by atoms with Crippen molar-refractivity contribution in [2.24, 2.45) is 10.7 Å². The van der Waals surface area contributed by atoms with Crippen molar-refractivity contribution in [3.8, 4) is 11.1 Å². The highest BCUT2D eigenvalue weighted by Crippen LogP contribution is 2.36. The number of rotatable bonds is 1. The Balaban J connectivity index is 2.15. The Labute approximate surface area is 132 Å². The smallest absolute Gasteiger partial charge is 0.133 e. The first-order chi connectivity index (χ1) is 11.1. The number of hydrogen-bond donors (Lipinski definition) is 2. The molecule has 0 saturated heterocycles. The molecule has 0 aromatic heterocycles. The number of hydrogen-bond acceptors (Lipinski definition) is 2. The van der Waals surface area contributed by atoms with Crippen LogP contribution in [-0.4, -0.2) is 11.7 Å². The van der Waals surface area contributed by atoms with Crippen LogP contribution in [-0.2, 0) is 6.42 Å². The Bertz CT molecular complexity index is 989. The van der Waals surface area contributed by atoms with Gasteiger partial charge < -0.3 is 5.73 Å². The number of nitrogens with zero attached hydrogens (tertiary/aromatic N) is 1. The van der Waals surface area contributed by atoms with Gasteiger partial charge >= 0.3 is 0 Å². The Morgan fingerprint density at radius 3 is 2.70 bits per heavy atom. The third-order valence-corrected chi connectivity index (χ3v) is 4.15. The van der Waals surface area contributed by atoms with Gasteiger partial charge in [-0.2, -0.15) is 0 Å². The van der Waals surface area contributed by atoms with E-state index in [-0.39, 0.29) is 11.7 Å². The number of aliphatic imine (C=N–C) groups is 1. The summed E-state index contributed by atoms with van der Waals surface area (Å²) in [5, 5.41) is 9.97. The predicted molar refractivity (Wildman–Crippen MR) is 91.5 cm³/mol. The Hall–Kier alpha value is -3.01. The summed E-state index contributed by atoms with van der Waals surface area (Å²) in [6, 6.07) is 16.5. The number of halogens is 1. The molecule has 0 saturated carbocycles. The molecular formula is C19H14FN3. The van der Waals surface area contributed by atoms with E-state index >= 15 is 0 Å². The molecule has 112 valence electrons. The number of benzene rings is 3. The molecule has 4 heteroatoms. The van der Waals surface area contributed by atoms with E-state index in [2.05, 4.69) is 4.99 Å². The second-order valence-electron chi connectivity index (χ2n) is 5.63. The van der Waals surface area contributed by atoms with Crippen LogP contribution in [0.4, 0.5) is 4.39 Å². The number of nitrogens with one attached hydrogen (secondary N) is 1. The van der Waals surface area contributed by atoms with Crippen molar-refractivity contribution in [1.82, 2.24) is 0 Å². The lowest BCUT2D eigenvalue weighted by Gasteiger charge is -2.21. The lowest BCUT2D eigenvalue weighted by Crippen LogP contribution is -2.24. The third-order valence-electron chi connectivity index (χ3n) is 4.15. The van der Waals surface area contributed by atoms with Crippen LogP contribution in [0.2, 0.25) is 0 Å². The minimum Gasteiger partial charge on any atom is -0.383 e. The standard InChI is InChI=1S/C19H14FN3/c20-13-6-3-5-12(8-13)18-14-7-2-1-4-11(14)9-16-15(18)10-17(21)23-19(16)22/h1-9H,10H2,(H3,21,22,23). The fourth-order valence-electron chi connectivity index (χ4n) is 3.19. The molecule has 3 N–H and O–H groups in total. The van der Waals surface area contributed by atoms with Gasteiger partial charge in [0.2, 0.25) is 0 Å². The van der Waals surface area contributed by atoms with Crippen molar-refractivity contribution in [1.29, 1.82) is 5.41 Å². The molecule has 23 heavy (non-hydrogen) atoms. The molecule has 0 unspecified atom stereocenters. The molecule has 1 aliphatic rings. The highest BCUT2D eigenvalue weighted by atomic mass is 19.1. The van der Waals surface area contributed by atoms with E-state index in [0.717, 1.165) is 33.0 Å². The first-order valence-corrected chi connectivity index (χ1v) is 7.36. The molecule has 0 aliphatic carbocycles. The van der Waals surface area contributed by atoms with Gasteiger partial charge in [0, 0.05) is 12.0 Å². The van der Waals surface area contributed by atoms with E-state index in [4.69, 9.17) is 11.1 Å². The molecule has 1 aliphatic heterocycles. The van der Waals surface area contributed by atoms with E-state index < -0.39 is 0 Å². The van der Waals surface area contributed by atoms with Crippen molar-refractivity contribution in [3.63, 3.8) is 0 Å². The Morgan fingerprint density at radius 1 is 1.04 bits per heavy atom. The largest absolute Gasteiger partial charge is 0.383 e. The normalized spacial score (nSPS) is 13.8. The first kappa shape index (κ1) is 13.6. The van der Waals surface area contributed by atoms with Crippen LogP contribution >= 0.6 is 0 Å². The molecule has 0 bridgehead atoms. The van der Waals surface area contributed by atoms with Gasteiger partial charge in [-0.05, 0) is 45.7 Å². The van der Waals surface area contributed by atoms with Crippen molar-refractivity contribution in [2.45, 2.75) is 6.42 Å². The zero-order valence-corrected chi connectivity index (χ0v) is 12.3. The molecular weight excluding hydrogens is 289 g/mol. The van der Waals surface area contributed by atoms with Gasteiger partial charge in [-0.3, -0.25) is 5.41 Å². The number of amidine groups is 2. The summed E-state index contributed by atoms with van der Waals surface area (Å²) in [6.07, 6.45) is 0.396. The third kappa shape index (κ3) is 2.19. The molecule has 1 heterocycles. The maximum Gasteiger partial charge on any atom is 0.133 e. The highest BCUT2D eigenvalue weighted by Gasteiger charge is 2.21. The van der Waals surface area contributed by atoms with Crippen molar-refractivity contribution >= 4 is 22.4 Å². The van der Waals surface area contributed by atoms with Crippen LogP contribution < -0.4 is 5.73 Å². The van der Waals surface area contributed by atoms with Gasteiger partial charge in [0.05, 0.1) is 0 Å². The van der Waals surface area contributed by atoms with E-state index in [9.17, 15) is 4.39 Å². The monoisotopic (exact) mass is 303 g/mol. The minimum atomic E-state index is -0.281.